The fraction of sp³-hybridized carbons (Fsp3) is 0.478. The predicted molar refractivity (Wildman–Crippen MR) is 117 cm³/mol. The van der Waals surface area contributed by atoms with Gasteiger partial charge in [0.15, 0.2) is 0 Å². The molecule has 4 rings (SSSR count). The Labute approximate surface area is 194 Å². The van der Waals surface area contributed by atoms with Crippen LogP contribution in [0.4, 0.5) is 18.9 Å². The van der Waals surface area contributed by atoms with Gasteiger partial charge in [0.2, 0.25) is 5.91 Å². The standard InChI is InChI=1S/C23H25F3N6O2/c1-28-21(33)19-13-32(22(34)16-10-29-30-11-16)12-18(19)14-4-6-31(7-5-14)17-3-2-15(9-27)20(8-17)23(24,25)26/h2-3,8,10-11,14,18-19H,4-7,12-13H2,1H3,(H,28,33)(H,29,30)/t18-,19+/m0/s1. The number of amides is 2. The van der Waals surface area contributed by atoms with Gasteiger partial charge in [0, 0.05) is 45.1 Å². The summed E-state index contributed by atoms with van der Waals surface area (Å²) in [6.45, 7) is 1.82. The number of hydrogen-bond acceptors (Lipinski definition) is 5. The molecule has 3 heterocycles. The molecule has 1 aromatic carbocycles. The maximum absolute atomic E-state index is 13.4. The monoisotopic (exact) mass is 474 g/mol. The summed E-state index contributed by atoms with van der Waals surface area (Å²) in [7, 11) is 1.58. The number of hydrogen-bond donors (Lipinski definition) is 2. The molecular formula is C23H25F3N6O2. The van der Waals surface area contributed by atoms with Gasteiger partial charge in [-0.05, 0) is 42.9 Å². The van der Waals surface area contributed by atoms with Crippen LogP contribution < -0.4 is 10.2 Å². The van der Waals surface area contributed by atoms with Crippen LogP contribution >= 0.6 is 0 Å². The van der Waals surface area contributed by atoms with E-state index in [0.717, 1.165) is 6.07 Å². The third kappa shape index (κ3) is 4.58. The van der Waals surface area contributed by atoms with E-state index in [-0.39, 0.29) is 29.6 Å². The first kappa shape index (κ1) is 23.6. The first-order valence-corrected chi connectivity index (χ1v) is 11.1. The van der Waals surface area contributed by atoms with Gasteiger partial charge in [-0.25, -0.2) is 0 Å². The van der Waals surface area contributed by atoms with E-state index in [0.29, 0.717) is 50.3 Å². The number of halogens is 3. The van der Waals surface area contributed by atoms with E-state index in [1.54, 1.807) is 24.1 Å². The molecule has 0 spiro atoms. The van der Waals surface area contributed by atoms with E-state index in [1.165, 1.54) is 18.5 Å². The fourth-order valence-electron chi connectivity index (χ4n) is 5.13. The number of likely N-dealkylation sites (tertiary alicyclic amines) is 1. The van der Waals surface area contributed by atoms with Crippen molar-refractivity contribution in [3.05, 3.63) is 47.3 Å². The molecule has 8 nitrogen and oxygen atoms in total. The molecule has 0 unspecified atom stereocenters. The van der Waals surface area contributed by atoms with E-state index in [2.05, 4.69) is 15.5 Å². The van der Waals surface area contributed by atoms with Crippen LogP contribution in [0, 0.1) is 29.1 Å². The summed E-state index contributed by atoms with van der Waals surface area (Å²) >= 11 is 0. The van der Waals surface area contributed by atoms with Gasteiger partial charge in [-0.3, -0.25) is 14.7 Å². The van der Waals surface area contributed by atoms with Crippen molar-refractivity contribution in [2.75, 3.05) is 38.1 Å². The number of rotatable bonds is 4. The van der Waals surface area contributed by atoms with Crippen LogP contribution in [0.5, 0.6) is 0 Å². The molecule has 180 valence electrons. The van der Waals surface area contributed by atoms with Crippen molar-refractivity contribution in [2.45, 2.75) is 19.0 Å². The van der Waals surface area contributed by atoms with Gasteiger partial charge < -0.3 is 15.1 Å². The minimum atomic E-state index is -4.60. The third-order valence-corrected chi connectivity index (χ3v) is 6.92. The van der Waals surface area contributed by atoms with E-state index in [4.69, 9.17) is 5.26 Å². The Morgan fingerprint density at radius 3 is 2.56 bits per heavy atom. The van der Waals surface area contributed by atoms with Gasteiger partial charge in [-0.1, -0.05) is 0 Å². The van der Waals surface area contributed by atoms with Crippen molar-refractivity contribution < 1.29 is 22.8 Å². The largest absolute Gasteiger partial charge is 0.417 e. The number of alkyl halides is 3. The highest BCUT2D eigenvalue weighted by molar-refractivity contribution is 5.94. The fourth-order valence-corrected chi connectivity index (χ4v) is 5.13. The Hall–Kier alpha value is -3.55. The van der Waals surface area contributed by atoms with Gasteiger partial charge in [0.1, 0.15) is 0 Å². The Bertz CT molecular complexity index is 1090. The summed E-state index contributed by atoms with van der Waals surface area (Å²) in [5.74, 6) is -0.522. The molecule has 11 heteroatoms. The summed E-state index contributed by atoms with van der Waals surface area (Å²) in [5.41, 5.74) is -0.463. The van der Waals surface area contributed by atoms with Crippen LogP contribution in [0.25, 0.3) is 0 Å². The molecule has 2 atom stereocenters. The summed E-state index contributed by atoms with van der Waals surface area (Å²) in [6, 6.07) is 5.40. The quantitative estimate of drug-likeness (QED) is 0.709. The van der Waals surface area contributed by atoms with Crippen molar-refractivity contribution in [3.8, 4) is 6.07 Å². The van der Waals surface area contributed by atoms with Crippen molar-refractivity contribution in [1.29, 1.82) is 5.26 Å². The van der Waals surface area contributed by atoms with Gasteiger partial charge in [0.05, 0.1) is 34.9 Å². The smallest absolute Gasteiger partial charge is 0.372 e. The molecule has 2 aromatic rings. The molecule has 0 radical (unpaired) electrons. The van der Waals surface area contributed by atoms with Gasteiger partial charge in [-0.15, -0.1) is 0 Å². The number of piperidine rings is 1. The van der Waals surface area contributed by atoms with E-state index in [9.17, 15) is 22.8 Å². The van der Waals surface area contributed by atoms with Crippen LogP contribution in [-0.2, 0) is 11.0 Å². The zero-order valence-electron chi connectivity index (χ0n) is 18.6. The van der Waals surface area contributed by atoms with Crippen LogP contribution in [0.1, 0.15) is 34.3 Å². The van der Waals surface area contributed by atoms with E-state index < -0.39 is 17.3 Å². The second kappa shape index (κ2) is 9.37. The van der Waals surface area contributed by atoms with E-state index >= 15 is 0 Å². The number of nitrogens with one attached hydrogen (secondary N) is 2. The molecule has 2 aliphatic rings. The highest BCUT2D eigenvalue weighted by Gasteiger charge is 2.44. The number of nitriles is 1. The van der Waals surface area contributed by atoms with Gasteiger partial charge in [0.25, 0.3) is 5.91 Å². The van der Waals surface area contributed by atoms with Gasteiger partial charge >= 0.3 is 6.18 Å². The molecule has 0 aliphatic carbocycles. The molecule has 0 saturated carbocycles. The molecule has 2 amide bonds. The first-order chi connectivity index (χ1) is 16.2. The third-order valence-electron chi connectivity index (χ3n) is 6.92. The zero-order valence-corrected chi connectivity index (χ0v) is 18.6. The molecule has 2 N–H and O–H groups in total. The first-order valence-electron chi connectivity index (χ1n) is 11.1. The van der Waals surface area contributed by atoms with Crippen LogP contribution in [-0.4, -0.2) is 60.1 Å². The highest BCUT2D eigenvalue weighted by Crippen LogP contribution is 2.39. The average molecular weight is 474 g/mol. The summed E-state index contributed by atoms with van der Waals surface area (Å²) < 4.78 is 40.1. The number of H-pyrrole nitrogens is 1. The average Bonchev–Trinajstić information content (AvgIpc) is 3.53. The maximum Gasteiger partial charge on any atom is 0.417 e. The lowest BCUT2D eigenvalue weighted by atomic mass is 9.78. The lowest BCUT2D eigenvalue weighted by molar-refractivity contribution is -0.137. The Kier molecular flexibility index (Phi) is 6.50. The topological polar surface area (TPSA) is 105 Å². The number of carbonyl (C=O) groups is 2. The number of aromatic amines is 1. The molecule has 2 saturated heterocycles. The zero-order chi connectivity index (χ0) is 24.5. The van der Waals surface area contributed by atoms with Gasteiger partial charge in [-0.2, -0.15) is 23.5 Å². The molecule has 34 heavy (non-hydrogen) atoms. The molecule has 2 fully saturated rings. The molecule has 0 bridgehead atoms. The van der Waals surface area contributed by atoms with Crippen molar-refractivity contribution in [1.82, 2.24) is 20.4 Å². The molecule has 1 aromatic heterocycles. The minimum Gasteiger partial charge on any atom is -0.372 e. The second-order valence-corrected chi connectivity index (χ2v) is 8.75. The number of benzene rings is 1. The minimum absolute atomic E-state index is 0.0374. The summed E-state index contributed by atoms with van der Waals surface area (Å²) in [5, 5.41) is 18.2. The number of carbonyl (C=O) groups excluding carboxylic acids is 2. The van der Waals surface area contributed by atoms with Crippen LogP contribution in [0.3, 0.4) is 0 Å². The van der Waals surface area contributed by atoms with Crippen molar-refractivity contribution in [2.24, 2.45) is 17.8 Å². The predicted octanol–water partition coefficient (Wildman–Crippen LogP) is 2.65. The van der Waals surface area contributed by atoms with Crippen LogP contribution in [0.15, 0.2) is 30.6 Å². The highest BCUT2D eigenvalue weighted by atomic mass is 19.4. The number of nitrogens with zero attached hydrogens (tertiary/aromatic N) is 4. The SMILES string of the molecule is CNC(=O)[C@@H]1CN(C(=O)c2cn[nH]c2)C[C@H]1C1CCN(c2ccc(C#N)c(C(F)(F)F)c2)CC1. The summed E-state index contributed by atoms with van der Waals surface area (Å²) in [6.07, 6.45) is -0.249. The normalized spacial score (nSPS) is 21.4. The maximum atomic E-state index is 13.4. The Morgan fingerprint density at radius 2 is 1.97 bits per heavy atom. The number of aromatic nitrogens is 2. The van der Waals surface area contributed by atoms with Crippen molar-refractivity contribution >= 4 is 17.5 Å². The lowest BCUT2D eigenvalue weighted by Gasteiger charge is -2.37. The molecule has 2 aliphatic heterocycles. The Balaban J connectivity index is 1.47. The van der Waals surface area contributed by atoms with Crippen molar-refractivity contribution in [3.63, 3.8) is 0 Å². The second-order valence-electron chi connectivity index (χ2n) is 8.75. The van der Waals surface area contributed by atoms with Crippen LogP contribution in [0.2, 0.25) is 0 Å². The molecular weight excluding hydrogens is 449 g/mol. The summed E-state index contributed by atoms with van der Waals surface area (Å²) in [4.78, 5) is 29.0. The Morgan fingerprint density at radius 1 is 1.24 bits per heavy atom. The lowest BCUT2D eigenvalue weighted by Crippen LogP contribution is -2.41. The van der Waals surface area contributed by atoms with E-state index in [1.807, 2.05) is 4.90 Å². The number of anilines is 1.